The van der Waals surface area contributed by atoms with E-state index in [1.165, 1.54) is 0 Å². The second-order valence-corrected chi connectivity index (χ2v) is 6.59. The molecule has 1 aromatic carbocycles. The monoisotopic (exact) mass is 319 g/mol. The quantitative estimate of drug-likeness (QED) is 0.909. The van der Waals surface area contributed by atoms with Gasteiger partial charge in [-0.15, -0.1) is 0 Å². The first-order chi connectivity index (χ1) is 10.8. The molecule has 1 aliphatic rings. The molecule has 1 fully saturated rings. The van der Waals surface area contributed by atoms with Gasteiger partial charge < -0.3 is 19.9 Å². The molecule has 0 aliphatic carbocycles. The van der Waals surface area contributed by atoms with Crippen LogP contribution in [0.1, 0.15) is 31.1 Å². The van der Waals surface area contributed by atoms with Crippen LogP contribution in [0.3, 0.4) is 0 Å². The van der Waals surface area contributed by atoms with Crippen molar-refractivity contribution in [1.82, 2.24) is 9.80 Å². The summed E-state index contributed by atoms with van der Waals surface area (Å²) in [6.07, 6.45) is -0.318. The molecule has 1 aromatic rings. The van der Waals surface area contributed by atoms with E-state index in [2.05, 4.69) is 5.32 Å². The second-order valence-electron chi connectivity index (χ2n) is 6.59. The number of carbonyl (C=O) groups is 2. The third kappa shape index (κ3) is 4.61. The zero-order valence-corrected chi connectivity index (χ0v) is 14.3. The van der Waals surface area contributed by atoms with Gasteiger partial charge in [0.15, 0.2) is 0 Å². The zero-order valence-electron chi connectivity index (χ0n) is 14.3. The largest absolute Gasteiger partial charge is 0.444 e. The number of nitrogens with one attached hydrogen (secondary N) is 1. The maximum atomic E-state index is 12.5. The van der Waals surface area contributed by atoms with E-state index in [9.17, 15) is 9.59 Å². The van der Waals surface area contributed by atoms with E-state index in [1.807, 2.05) is 52.1 Å². The van der Waals surface area contributed by atoms with Crippen LogP contribution in [0, 0.1) is 0 Å². The molecule has 23 heavy (non-hydrogen) atoms. The number of ether oxygens (including phenoxy) is 1. The van der Waals surface area contributed by atoms with Gasteiger partial charge in [0.25, 0.3) is 5.91 Å². The van der Waals surface area contributed by atoms with Crippen LogP contribution in [0.2, 0.25) is 0 Å². The lowest BCUT2D eigenvalue weighted by Crippen LogP contribution is -2.51. The molecular formula is C17H25N3O3. The Morgan fingerprint density at radius 2 is 1.70 bits per heavy atom. The fourth-order valence-corrected chi connectivity index (χ4v) is 2.41. The molecular weight excluding hydrogens is 294 g/mol. The van der Waals surface area contributed by atoms with Crippen molar-refractivity contribution in [2.45, 2.75) is 26.4 Å². The van der Waals surface area contributed by atoms with Crippen LogP contribution in [0.15, 0.2) is 24.3 Å². The Morgan fingerprint density at radius 1 is 1.09 bits per heavy atom. The van der Waals surface area contributed by atoms with Crippen molar-refractivity contribution in [3.8, 4) is 0 Å². The van der Waals surface area contributed by atoms with Crippen LogP contribution < -0.4 is 5.32 Å². The van der Waals surface area contributed by atoms with Gasteiger partial charge in [0.2, 0.25) is 0 Å². The Hall–Kier alpha value is -2.24. The summed E-state index contributed by atoms with van der Waals surface area (Å²) in [5, 5.41) is 3.03. The molecule has 0 bridgehead atoms. The summed E-state index contributed by atoms with van der Waals surface area (Å²) >= 11 is 0. The molecule has 0 aromatic heterocycles. The molecule has 1 heterocycles. The lowest BCUT2D eigenvalue weighted by Gasteiger charge is -2.35. The number of amides is 2. The van der Waals surface area contributed by atoms with E-state index < -0.39 is 5.60 Å². The third-order valence-electron chi connectivity index (χ3n) is 3.62. The van der Waals surface area contributed by atoms with Gasteiger partial charge in [0.05, 0.1) is 0 Å². The number of nitrogens with zero attached hydrogens (tertiary/aromatic N) is 2. The van der Waals surface area contributed by atoms with Crippen LogP contribution in [-0.4, -0.2) is 60.6 Å². The van der Waals surface area contributed by atoms with Crippen molar-refractivity contribution < 1.29 is 14.3 Å². The molecule has 1 aliphatic heterocycles. The van der Waals surface area contributed by atoms with Crippen LogP contribution in [0.4, 0.5) is 10.5 Å². The van der Waals surface area contributed by atoms with Crippen molar-refractivity contribution in [3.05, 3.63) is 29.8 Å². The zero-order chi connectivity index (χ0) is 17.0. The lowest BCUT2D eigenvalue weighted by molar-refractivity contribution is 0.0141. The van der Waals surface area contributed by atoms with E-state index in [4.69, 9.17) is 4.74 Å². The highest BCUT2D eigenvalue weighted by atomic mass is 16.6. The minimum absolute atomic E-state index is 0.00839. The molecule has 126 valence electrons. The number of benzene rings is 1. The maximum Gasteiger partial charge on any atom is 0.410 e. The van der Waals surface area contributed by atoms with E-state index in [-0.39, 0.29) is 12.0 Å². The summed E-state index contributed by atoms with van der Waals surface area (Å²) in [6, 6.07) is 7.42. The summed E-state index contributed by atoms with van der Waals surface area (Å²) in [6.45, 7) is 7.56. The average molecular weight is 319 g/mol. The molecule has 1 N–H and O–H groups in total. The van der Waals surface area contributed by atoms with Crippen molar-refractivity contribution in [2.24, 2.45) is 0 Å². The molecule has 6 heteroatoms. The first-order valence-corrected chi connectivity index (χ1v) is 7.85. The fourth-order valence-electron chi connectivity index (χ4n) is 2.41. The van der Waals surface area contributed by atoms with Gasteiger partial charge in [-0.1, -0.05) is 6.07 Å². The lowest BCUT2D eigenvalue weighted by atomic mass is 10.1. The highest BCUT2D eigenvalue weighted by Gasteiger charge is 2.28. The Labute approximate surface area is 137 Å². The highest BCUT2D eigenvalue weighted by molar-refractivity contribution is 5.95. The SMILES string of the molecule is CNc1cccc(C(=O)N2CCN(C(=O)OC(C)(C)C)CC2)c1. The van der Waals surface area contributed by atoms with E-state index >= 15 is 0 Å². The van der Waals surface area contributed by atoms with Crippen molar-refractivity contribution >= 4 is 17.7 Å². The first kappa shape index (κ1) is 17.1. The first-order valence-electron chi connectivity index (χ1n) is 7.85. The minimum Gasteiger partial charge on any atom is -0.444 e. The van der Waals surface area contributed by atoms with Crippen molar-refractivity contribution in [1.29, 1.82) is 0 Å². The smallest absolute Gasteiger partial charge is 0.410 e. The predicted molar refractivity (Wildman–Crippen MR) is 89.7 cm³/mol. The van der Waals surface area contributed by atoms with E-state index in [1.54, 1.807) is 9.80 Å². The molecule has 2 amide bonds. The molecule has 0 spiro atoms. The Bertz CT molecular complexity index is 573. The average Bonchev–Trinajstić information content (AvgIpc) is 2.53. The molecule has 1 saturated heterocycles. The molecule has 0 saturated carbocycles. The van der Waals surface area contributed by atoms with Gasteiger partial charge in [0, 0.05) is 44.5 Å². The summed E-state index contributed by atoms with van der Waals surface area (Å²) in [5.41, 5.74) is 1.06. The normalized spacial score (nSPS) is 15.3. The molecule has 0 atom stereocenters. The summed E-state index contributed by atoms with van der Waals surface area (Å²) in [7, 11) is 1.82. The number of hydrogen-bond donors (Lipinski definition) is 1. The number of piperazine rings is 1. The van der Waals surface area contributed by atoms with Crippen LogP contribution >= 0.6 is 0 Å². The molecule has 0 radical (unpaired) electrons. The van der Waals surface area contributed by atoms with Gasteiger partial charge in [0.1, 0.15) is 5.60 Å². The van der Waals surface area contributed by atoms with Gasteiger partial charge in [-0.2, -0.15) is 0 Å². The van der Waals surface area contributed by atoms with Crippen molar-refractivity contribution in [2.75, 3.05) is 38.5 Å². The summed E-state index contributed by atoms with van der Waals surface area (Å²) in [4.78, 5) is 28.0. The summed E-state index contributed by atoms with van der Waals surface area (Å²) in [5.74, 6) is -0.00839. The Balaban J connectivity index is 1.93. The van der Waals surface area contributed by atoms with Crippen molar-refractivity contribution in [3.63, 3.8) is 0 Å². The number of rotatable bonds is 2. The van der Waals surface area contributed by atoms with Gasteiger partial charge in [-0.3, -0.25) is 4.79 Å². The van der Waals surface area contributed by atoms with E-state index in [0.717, 1.165) is 5.69 Å². The van der Waals surface area contributed by atoms with Gasteiger partial charge in [-0.25, -0.2) is 4.79 Å². The second kappa shape index (κ2) is 6.89. The van der Waals surface area contributed by atoms with Gasteiger partial charge >= 0.3 is 6.09 Å². The highest BCUT2D eigenvalue weighted by Crippen LogP contribution is 2.15. The Morgan fingerprint density at radius 3 is 2.26 bits per heavy atom. The standard InChI is InChI=1S/C17H25N3O3/c1-17(2,3)23-16(22)20-10-8-19(9-11-20)15(21)13-6-5-7-14(12-13)18-4/h5-7,12,18H,8-11H2,1-4H3. The predicted octanol–water partition coefficient (Wildman–Crippen LogP) is 2.42. The number of hydrogen-bond acceptors (Lipinski definition) is 4. The third-order valence-corrected chi connectivity index (χ3v) is 3.62. The van der Waals surface area contributed by atoms with Gasteiger partial charge in [-0.05, 0) is 39.0 Å². The topological polar surface area (TPSA) is 61.9 Å². The number of anilines is 1. The van der Waals surface area contributed by atoms with E-state index in [0.29, 0.717) is 31.7 Å². The van der Waals surface area contributed by atoms with Crippen LogP contribution in [-0.2, 0) is 4.74 Å². The molecule has 0 unspecified atom stereocenters. The van der Waals surface area contributed by atoms with Crippen LogP contribution in [0.25, 0.3) is 0 Å². The maximum absolute atomic E-state index is 12.5. The number of carbonyl (C=O) groups excluding carboxylic acids is 2. The fraction of sp³-hybridized carbons (Fsp3) is 0.529. The summed E-state index contributed by atoms with van der Waals surface area (Å²) < 4.78 is 5.36. The van der Waals surface area contributed by atoms with Crippen LogP contribution in [0.5, 0.6) is 0 Å². The molecule has 6 nitrogen and oxygen atoms in total. The molecule has 2 rings (SSSR count). The minimum atomic E-state index is -0.502. The Kier molecular flexibility index (Phi) is 5.13.